The summed E-state index contributed by atoms with van der Waals surface area (Å²) in [5.41, 5.74) is 3.79. The lowest BCUT2D eigenvalue weighted by atomic mass is 9.86. The van der Waals surface area contributed by atoms with E-state index in [0.717, 1.165) is 75.0 Å². The number of benzene rings is 2. The zero-order valence-electron chi connectivity index (χ0n) is 28.4. The van der Waals surface area contributed by atoms with E-state index < -0.39 is 5.60 Å². The standard InChI is InChI=1S/C37H50FN5O4/c1-37(2,3)47-36(46)42-16-17-43(31(25-42)14-18-44)32-23-41(24-32)15-13-29(27-9-11-30(38)12-10-27)22-40(4)35(45)34-20-26(21-39)19-28-7-5-6-8-33(28)34/h9-12,19-20,29,31-32,44H,5-8,13-18,22-25H2,1-4H3/t29-,31?/m1/s1. The summed E-state index contributed by atoms with van der Waals surface area (Å²) in [6.07, 6.45) is 4.95. The summed E-state index contributed by atoms with van der Waals surface area (Å²) in [6.45, 7) is 10.7. The number of piperazine rings is 1. The molecule has 0 spiro atoms. The molecule has 2 amide bonds. The Morgan fingerprint density at radius 3 is 2.51 bits per heavy atom. The molecule has 47 heavy (non-hydrogen) atoms. The van der Waals surface area contributed by atoms with Gasteiger partial charge in [-0.15, -0.1) is 0 Å². The molecule has 9 nitrogen and oxygen atoms in total. The number of hydrogen-bond donors (Lipinski definition) is 1. The first-order valence-corrected chi connectivity index (χ1v) is 17.1. The van der Waals surface area contributed by atoms with Crippen LogP contribution in [0.4, 0.5) is 9.18 Å². The second kappa shape index (κ2) is 15.1. The average Bonchev–Trinajstić information content (AvgIpc) is 3.02. The van der Waals surface area contributed by atoms with Gasteiger partial charge in [0.25, 0.3) is 5.91 Å². The van der Waals surface area contributed by atoms with Crippen LogP contribution in [0.1, 0.15) is 85.0 Å². The number of nitriles is 1. The van der Waals surface area contributed by atoms with E-state index in [2.05, 4.69) is 15.9 Å². The Morgan fingerprint density at radius 2 is 1.83 bits per heavy atom. The number of aryl methyl sites for hydroxylation is 1. The number of halogens is 1. The van der Waals surface area contributed by atoms with E-state index in [9.17, 15) is 24.3 Å². The summed E-state index contributed by atoms with van der Waals surface area (Å²) < 4.78 is 19.5. The first-order valence-electron chi connectivity index (χ1n) is 17.1. The van der Waals surface area contributed by atoms with Crippen LogP contribution < -0.4 is 0 Å². The van der Waals surface area contributed by atoms with Crippen LogP contribution in [0, 0.1) is 17.1 Å². The minimum Gasteiger partial charge on any atom is -0.444 e. The summed E-state index contributed by atoms with van der Waals surface area (Å²) in [5.74, 6) is -0.346. The number of aliphatic hydroxyl groups is 1. The molecule has 2 saturated heterocycles. The van der Waals surface area contributed by atoms with Crippen molar-refractivity contribution in [2.75, 3.05) is 59.5 Å². The lowest BCUT2D eigenvalue weighted by Gasteiger charge is -2.52. The molecule has 2 fully saturated rings. The molecule has 1 unspecified atom stereocenters. The third-order valence-electron chi connectivity index (χ3n) is 9.85. The highest BCUT2D eigenvalue weighted by molar-refractivity contribution is 5.96. The van der Waals surface area contributed by atoms with Crippen molar-refractivity contribution in [3.8, 4) is 6.07 Å². The van der Waals surface area contributed by atoms with Gasteiger partial charge in [-0.1, -0.05) is 12.1 Å². The van der Waals surface area contributed by atoms with Gasteiger partial charge in [0.2, 0.25) is 0 Å². The van der Waals surface area contributed by atoms with Crippen molar-refractivity contribution in [2.45, 2.75) is 82.9 Å². The monoisotopic (exact) mass is 647 g/mol. The summed E-state index contributed by atoms with van der Waals surface area (Å²) >= 11 is 0. The fourth-order valence-electron chi connectivity index (χ4n) is 7.36. The largest absolute Gasteiger partial charge is 0.444 e. The Labute approximate surface area is 278 Å². The zero-order valence-corrected chi connectivity index (χ0v) is 28.4. The third-order valence-corrected chi connectivity index (χ3v) is 9.85. The van der Waals surface area contributed by atoms with Crippen LogP contribution in [0.3, 0.4) is 0 Å². The van der Waals surface area contributed by atoms with Crippen LogP contribution in [-0.2, 0) is 17.6 Å². The molecule has 2 aromatic rings. The molecule has 1 aliphatic carbocycles. The molecular formula is C37H50FN5O4. The molecule has 2 aromatic carbocycles. The van der Waals surface area contributed by atoms with Crippen LogP contribution in [0.2, 0.25) is 0 Å². The summed E-state index contributed by atoms with van der Waals surface area (Å²) in [7, 11) is 1.82. The predicted octanol–water partition coefficient (Wildman–Crippen LogP) is 4.81. The zero-order chi connectivity index (χ0) is 33.7. The van der Waals surface area contributed by atoms with Gasteiger partial charge in [-0.25, -0.2) is 9.18 Å². The second-order valence-corrected chi connectivity index (χ2v) is 14.4. The van der Waals surface area contributed by atoms with E-state index in [1.165, 1.54) is 12.1 Å². The van der Waals surface area contributed by atoms with E-state index in [4.69, 9.17) is 4.74 Å². The predicted molar refractivity (Wildman–Crippen MR) is 179 cm³/mol. The van der Waals surface area contributed by atoms with Crippen LogP contribution >= 0.6 is 0 Å². The van der Waals surface area contributed by atoms with E-state index >= 15 is 0 Å². The second-order valence-electron chi connectivity index (χ2n) is 14.4. The molecule has 254 valence electrons. The summed E-state index contributed by atoms with van der Waals surface area (Å²) in [6, 6.07) is 12.9. The van der Waals surface area contributed by atoms with Crippen molar-refractivity contribution in [1.29, 1.82) is 5.26 Å². The number of hydrogen-bond acceptors (Lipinski definition) is 7. The average molecular weight is 648 g/mol. The number of likely N-dealkylation sites (N-methyl/N-ethyl adjacent to an activating group) is 1. The van der Waals surface area contributed by atoms with Gasteiger partial charge in [-0.2, -0.15) is 5.26 Å². The number of rotatable bonds is 10. The number of nitrogens with zero attached hydrogens (tertiary/aromatic N) is 5. The van der Waals surface area contributed by atoms with Gasteiger partial charge in [0, 0.05) is 76.5 Å². The SMILES string of the molecule is CN(C[C@@H](CCN1CC(N2CCN(C(=O)OC(C)(C)C)CC2CCO)C1)c1ccc(F)cc1)C(=O)c1cc(C#N)cc2c1CCCC2. The van der Waals surface area contributed by atoms with Gasteiger partial charge in [0.05, 0.1) is 11.6 Å². The lowest BCUT2D eigenvalue weighted by Crippen LogP contribution is -2.67. The Kier molecular flexibility index (Phi) is 11.2. The van der Waals surface area contributed by atoms with Gasteiger partial charge >= 0.3 is 6.09 Å². The van der Waals surface area contributed by atoms with Crippen molar-refractivity contribution in [3.63, 3.8) is 0 Å². The molecule has 0 bridgehead atoms. The van der Waals surface area contributed by atoms with Gasteiger partial charge < -0.3 is 24.5 Å². The van der Waals surface area contributed by atoms with Gasteiger partial charge in [0.15, 0.2) is 0 Å². The Balaban J connectivity index is 1.21. The summed E-state index contributed by atoms with van der Waals surface area (Å²) in [5, 5.41) is 19.4. The maximum absolute atomic E-state index is 13.9. The molecule has 2 heterocycles. The van der Waals surface area contributed by atoms with E-state index in [1.54, 1.807) is 15.9 Å². The molecule has 3 aliphatic rings. The third kappa shape index (κ3) is 8.69. The minimum absolute atomic E-state index is 0.0121. The lowest BCUT2D eigenvalue weighted by molar-refractivity contribution is -0.0428. The number of likely N-dealkylation sites (tertiary alicyclic amines) is 1. The van der Waals surface area contributed by atoms with Crippen molar-refractivity contribution < 1.29 is 23.8 Å². The van der Waals surface area contributed by atoms with E-state index in [1.807, 2.05) is 46.0 Å². The topological polar surface area (TPSA) is 100 Å². The van der Waals surface area contributed by atoms with Crippen LogP contribution in [0.25, 0.3) is 0 Å². The van der Waals surface area contributed by atoms with Crippen LogP contribution in [0.5, 0.6) is 0 Å². The molecule has 2 atom stereocenters. The number of ether oxygens (including phenoxy) is 1. The highest BCUT2D eigenvalue weighted by atomic mass is 19.1. The van der Waals surface area contributed by atoms with Crippen molar-refractivity contribution in [3.05, 3.63) is 70.0 Å². The Morgan fingerprint density at radius 1 is 1.11 bits per heavy atom. The smallest absolute Gasteiger partial charge is 0.410 e. The van der Waals surface area contributed by atoms with Gasteiger partial charge in [-0.3, -0.25) is 9.69 Å². The van der Waals surface area contributed by atoms with E-state index in [-0.39, 0.29) is 36.4 Å². The quantitative estimate of drug-likeness (QED) is 0.395. The molecule has 0 radical (unpaired) electrons. The van der Waals surface area contributed by atoms with E-state index in [0.29, 0.717) is 43.2 Å². The number of amides is 2. The normalized spacial score (nSPS) is 19.8. The molecule has 1 N–H and O–H groups in total. The Hall–Kier alpha value is -3.52. The molecule has 2 aliphatic heterocycles. The van der Waals surface area contributed by atoms with Gasteiger partial charge in [-0.05, 0) is 107 Å². The van der Waals surface area contributed by atoms with Crippen molar-refractivity contribution in [1.82, 2.24) is 19.6 Å². The Bertz CT molecular complexity index is 1450. The fourth-order valence-corrected chi connectivity index (χ4v) is 7.36. The number of carbonyl (C=O) groups excluding carboxylic acids is 2. The summed E-state index contributed by atoms with van der Waals surface area (Å²) in [4.78, 5) is 34.9. The molecule has 0 saturated carbocycles. The molecule has 5 rings (SSSR count). The molecule has 10 heteroatoms. The highest BCUT2D eigenvalue weighted by Gasteiger charge is 2.40. The van der Waals surface area contributed by atoms with Crippen LogP contribution in [-0.4, -0.2) is 114 Å². The maximum atomic E-state index is 13.9. The first kappa shape index (κ1) is 34.8. The number of fused-ring (bicyclic) bond motifs is 1. The first-order chi connectivity index (χ1) is 22.5. The minimum atomic E-state index is -0.551. The number of aliphatic hydroxyl groups excluding tert-OH is 1. The number of carbonyl (C=O) groups is 2. The molecular weight excluding hydrogens is 597 g/mol. The van der Waals surface area contributed by atoms with Gasteiger partial charge in [0.1, 0.15) is 11.4 Å². The highest BCUT2D eigenvalue weighted by Crippen LogP contribution is 2.30. The maximum Gasteiger partial charge on any atom is 0.410 e. The van der Waals surface area contributed by atoms with Crippen molar-refractivity contribution >= 4 is 12.0 Å². The van der Waals surface area contributed by atoms with Crippen LogP contribution in [0.15, 0.2) is 36.4 Å². The van der Waals surface area contributed by atoms with Crippen molar-refractivity contribution in [2.24, 2.45) is 0 Å². The molecule has 0 aromatic heterocycles. The fraction of sp³-hybridized carbons (Fsp3) is 0.595.